The third-order valence-corrected chi connectivity index (χ3v) is 9.56. The zero-order valence-corrected chi connectivity index (χ0v) is 17.2. The molecule has 0 radical (unpaired) electrons. The van der Waals surface area contributed by atoms with E-state index >= 15 is 0 Å². The summed E-state index contributed by atoms with van der Waals surface area (Å²) in [5, 5.41) is 0. The molecule has 0 amide bonds. The quantitative estimate of drug-likeness (QED) is 0.362. The van der Waals surface area contributed by atoms with Crippen LogP contribution in [0.3, 0.4) is 0 Å². The van der Waals surface area contributed by atoms with Crippen LogP contribution in [0.5, 0.6) is 0 Å². The summed E-state index contributed by atoms with van der Waals surface area (Å²) in [5.74, 6) is 0. The van der Waals surface area contributed by atoms with Crippen LogP contribution in [-0.4, -0.2) is 43.7 Å². The van der Waals surface area contributed by atoms with E-state index in [1.807, 2.05) is 0 Å². The molecule has 0 atom stereocenters. The lowest BCUT2D eigenvalue weighted by molar-refractivity contribution is 0.315. The highest BCUT2D eigenvalue weighted by atomic mass is 28.3. The second-order valence-corrected chi connectivity index (χ2v) is 10.4. The second-order valence-electron chi connectivity index (χ2n) is 6.51. The summed E-state index contributed by atoms with van der Waals surface area (Å²) in [7, 11) is -1.71. The largest absolute Gasteiger partial charge is 0.308 e. The number of unbranched alkanes of at least 4 members (excludes halogenated alkanes) is 2. The van der Waals surface area contributed by atoms with Crippen molar-refractivity contribution in [3.8, 4) is 0 Å². The van der Waals surface area contributed by atoms with E-state index in [1.54, 1.807) is 0 Å². The van der Waals surface area contributed by atoms with E-state index in [2.05, 4.69) is 56.0 Å². The van der Waals surface area contributed by atoms with Gasteiger partial charge in [-0.2, -0.15) is 0 Å². The molecule has 22 heavy (non-hydrogen) atoms. The third-order valence-electron chi connectivity index (χ3n) is 4.59. The summed E-state index contributed by atoms with van der Waals surface area (Å²) < 4.78 is 5.72. The molecule has 0 saturated heterocycles. The first-order valence-corrected chi connectivity index (χ1v) is 12.0. The van der Waals surface area contributed by atoms with Gasteiger partial charge in [0.1, 0.15) is 0 Å². The molecular formula is C19H42N2Si. The van der Waals surface area contributed by atoms with Crippen molar-refractivity contribution in [2.45, 2.75) is 85.6 Å². The molecule has 0 bridgehead atoms. The highest BCUT2D eigenvalue weighted by Crippen LogP contribution is 2.26. The molecule has 0 heterocycles. The lowest BCUT2D eigenvalue weighted by Gasteiger charge is -2.48. The minimum atomic E-state index is -1.71. The maximum atomic E-state index is 4.35. The van der Waals surface area contributed by atoms with E-state index < -0.39 is 8.40 Å². The number of hydrogen-bond donors (Lipinski definition) is 0. The topological polar surface area (TPSA) is 6.48 Å². The number of hydrogen-bond acceptors (Lipinski definition) is 2. The third kappa shape index (κ3) is 6.55. The van der Waals surface area contributed by atoms with Gasteiger partial charge >= 0.3 is 0 Å². The second kappa shape index (κ2) is 13.3. The van der Waals surface area contributed by atoms with Crippen molar-refractivity contribution in [1.82, 2.24) is 9.13 Å². The van der Waals surface area contributed by atoms with E-state index in [4.69, 9.17) is 0 Å². The van der Waals surface area contributed by atoms with Crippen LogP contribution in [0.25, 0.3) is 0 Å². The van der Waals surface area contributed by atoms with Crippen molar-refractivity contribution >= 4 is 8.40 Å². The van der Waals surface area contributed by atoms with Gasteiger partial charge in [-0.1, -0.05) is 59.6 Å². The highest BCUT2D eigenvalue weighted by Gasteiger charge is 2.41. The summed E-state index contributed by atoms with van der Waals surface area (Å²) in [6.07, 6.45) is 9.00. The minimum Gasteiger partial charge on any atom is -0.308 e. The van der Waals surface area contributed by atoms with Crippen molar-refractivity contribution < 1.29 is 0 Å². The van der Waals surface area contributed by atoms with Crippen LogP contribution in [0, 0.1) is 0 Å². The van der Waals surface area contributed by atoms with Gasteiger partial charge in [0, 0.05) is 0 Å². The molecule has 0 aliphatic carbocycles. The summed E-state index contributed by atoms with van der Waals surface area (Å²) >= 11 is 0. The average Bonchev–Trinajstić information content (AvgIpc) is 2.53. The van der Waals surface area contributed by atoms with Gasteiger partial charge in [0.25, 0.3) is 0 Å². The fraction of sp³-hybridized carbons (Fsp3) is 0.895. The Kier molecular flexibility index (Phi) is 13.3. The van der Waals surface area contributed by atoms with E-state index in [0.717, 1.165) is 0 Å². The predicted octanol–water partition coefficient (Wildman–Crippen LogP) is 5.59. The van der Waals surface area contributed by atoms with Crippen molar-refractivity contribution in [3.63, 3.8) is 0 Å². The predicted molar refractivity (Wildman–Crippen MR) is 105 cm³/mol. The molecule has 0 aliphatic heterocycles. The van der Waals surface area contributed by atoms with Crippen LogP contribution in [0.15, 0.2) is 12.3 Å². The Labute approximate surface area is 142 Å². The summed E-state index contributed by atoms with van der Waals surface area (Å²) in [5.41, 5.74) is 2.40. The Balaban J connectivity index is 5.44. The van der Waals surface area contributed by atoms with Crippen LogP contribution in [0.2, 0.25) is 6.04 Å². The zero-order chi connectivity index (χ0) is 16.8. The Hall–Kier alpha value is -0.123. The molecule has 0 rings (SSSR count). The molecule has 0 fully saturated rings. The first kappa shape index (κ1) is 21.9. The minimum absolute atomic E-state index is 1.24. The molecule has 132 valence electrons. The van der Waals surface area contributed by atoms with Gasteiger partial charge in [-0.05, 0) is 57.9 Å². The van der Waals surface area contributed by atoms with E-state index in [9.17, 15) is 0 Å². The molecule has 2 nitrogen and oxygen atoms in total. The van der Waals surface area contributed by atoms with Gasteiger partial charge in [0.2, 0.25) is 8.40 Å². The van der Waals surface area contributed by atoms with Crippen LogP contribution in [-0.2, 0) is 0 Å². The summed E-state index contributed by atoms with van der Waals surface area (Å²) in [6.45, 7) is 21.0. The molecule has 0 spiro atoms. The zero-order valence-electron chi connectivity index (χ0n) is 16.2. The first-order valence-electron chi connectivity index (χ1n) is 9.80. The maximum Gasteiger partial charge on any atom is 0.231 e. The maximum absolute atomic E-state index is 4.35. The molecule has 0 aromatic carbocycles. The average molecular weight is 327 g/mol. The molecule has 0 aliphatic rings. The van der Waals surface area contributed by atoms with Crippen molar-refractivity contribution in [2.75, 3.05) is 26.2 Å². The Morgan fingerprint density at radius 1 is 0.682 bits per heavy atom. The standard InChI is InChI=1S/C19H42N2Si/c1-7-13-17-20(15-9-3)22(12-6,19-11-5)21(16-10-4)18-14-8-2/h12H,6-11,13-19H2,1-5H3. The molecule has 0 unspecified atom stereocenters. The lowest BCUT2D eigenvalue weighted by Crippen LogP contribution is -2.65. The monoisotopic (exact) mass is 326 g/mol. The van der Waals surface area contributed by atoms with Gasteiger partial charge in [-0.3, -0.25) is 0 Å². The Morgan fingerprint density at radius 3 is 1.41 bits per heavy atom. The molecule has 0 aromatic heterocycles. The van der Waals surface area contributed by atoms with Crippen LogP contribution < -0.4 is 0 Å². The van der Waals surface area contributed by atoms with Gasteiger partial charge in [-0.15, -0.1) is 6.58 Å². The van der Waals surface area contributed by atoms with E-state index in [-0.39, 0.29) is 0 Å². The van der Waals surface area contributed by atoms with Crippen molar-refractivity contribution in [2.24, 2.45) is 0 Å². The molecular weight excluding hydrogens is 284 g/mol. The van der Waals surface area contributed by atoms with E-state index in [0.29, 0.717) is 0 Å². The van der Waals surface area contributed by atoms with E-state index in [1.165, 1.54) is 77.2 Å². The van der Waals surface area contributed by atoms with Crippen LogP contribution >= 0.6 is 0 Å². The summed E-state index contributed by atoms with van der Waals surface area (Å²) in [4.78, 5) is 0. The Morgan fingerprint density at radius 2 is 1.14 bits per heavy atom. The Bertz CT molecular complexity index is 250. The van der Waals surface area contributed by atoms with Gasteiger partial charge < -0.3 is 9.13 Å². The number of rotatable bonds is 15. The molecule has 0 aromatic rings. The van der Waals surface area contributed by atoms with Gasteiger partial charge in [0.05, 0.1) is 0 Å². The van der Waals surface area contributed by atoms with Crippen LogP contribution in [0.1, 0.15) is 79.6 Å². The fourth-order valence-electron chi connectivity index (χ4n) is 3.48. The lowest BCUT2D eigenvalue weighted by atomic mass is 10.3. The molecule has 0 N–H and O–H groups in total. The van der Waals surface area contributed by atoms with Crippen molar-refractivity contribution in [3.05, 3.63) is 12.3 Å². The van der Waals surface area contributed by atoms with Gasteiger partial charge in [-0.25, -0.2) is 0 Å². The summed E-state index contributed by atoms with van der Waals surface area (Å²) in [6, 6.07) is 1.34. The number of nitrogens with zero attached hydrogens (tertiary/aromatic N) is 2. The molecule has 3 heteroatoms. The normalized spacial score (nSPS) is 12.3. The molecule has 0 saturated carbocycles. The van der Waals surface area contributed by atoms with Crippen molar-refractivity contribution in [1.29, 1.82) is 0 Å². The van der Waals surface area contributed by atoms with Gasteiger partial charge in [0.15, 0.2) is 0 Å². The van der Waals surface area contributed by atoms with Crippen LogP contribution in [0.4, 0.5) is 0 Å². The first-order chi connectivity index (χ1) is 10.7. The SMILES string of the molecule is C=C[Si](CCC)(N(CCC)CCCC)N(CCC)CCCC. The smallest absolute Gasteiger partial charge is 0.231 e. The fourth-order valence-corrected chi connectivity index (χ4v) is 8.28. The highest BCUT2D eigenvalue weighted by molar-refractivity contribution is 6.79.